The lowest BCUT2D eigenvalue weighted by molar-refractivity contribution is 0.0757. The maximum Gasteiger partial charge on any atom is 0.261 e. The lowest BCUT2D eigenvalue weighted by atomic mass is 10.3. The van der Waals surface area contributed by atoms with Crippen LogP contribution >= 0.6 is 11.3 Å². The molecule has 0 aliphatic carbocycles. The molecule has 0 aliphatic heterocycles. The molecular formula is C19H22FN3O2S. The summed E-state index contributed by atoms with van der Waals surface area (Å²) in [6.45, 7) is 7.08. The maximum absolute atomic E-state index is 13.2. The number of nitrogens with one attached hydrogen (secondary N) is 1. The number of rotatable bonds is 7. The second kappa shape index (κ2) is 7.97. The van der Waals surface area contributed by atoms with Crippen molar-refractivity contribution in [3.63, 3.8) is 0 Å². The van der Waals surface area contributed by atoms with Crippen LogP contribution in [0, 0.1) is 12.7 Å². The van der Waals surface area contributed by atoms with Gasteiger partial charge in [-0.15, -0.1) is 11.3 Å². The Kier molecular flexibility index (Phi) is 5.68. The van der Waals surface area contributed by atoms with E-state index < -0.39 is 0 Å². The number of nitrogens with zero attached hydrogens (tertiary/aromatic N) is 2. The highest BCUT2D eigenvalue weighted by Gasteiger charge is 2.17. The number of carbonyl (C=O) groups is 1. The van der Waals surface area contributed by atoms with Crippen molar-refractivity contribution < 1.29 is 13.9 Å². The maximum atomic E-state index is 13.2. The third kappa shape index (κ3) is 4.11. The molecule has 0 saturated carbocycles. The van der Waals surface area contributed by atoms with Crippen LogP contribution in [0.3, 0.4) is 0 Å². The van der Waals surface area contributed by atoms with Crippen molar-refractivity contribution in [1.82, 2.24) is 15.1 Å². The van der Waals surface area contributed by atoms with Crippen molar-refractivity contribution in [2.24, 2.45) is 0 Å². The molecule has 0 unspecified atom stereocenters. The number of aromatic nitrogens is 2. The Hall–Kier alpha value is -2.25. The van der Waals surface area contributed by atoms with Crippen molar-refractivity contribution >= 4 is 27.5 Å². The number of carbonyl (C=O) groups excluding carboxylic acids is 1. The van der Waals surface area contributed by atoms with Crippen LogP contribution in [0.5, 0.6) is 0 Å². The van der Waals surface area contributed by atoms with Crippen molar-refractivity contribution in [3.05, 3.63) is 46.7 Å². The minimum atomic E-state index is -0.290. The predicted octanol–water partition coefficient (Wildman–Crippen LogP) is 4.08. The molecule has 1 aromatic carbocycles. The van der Waals surface area contributed by atoms with E-state index in [1.807, 2.05) is 26.8 Å². The van der Waals surface area contributed by atoms with E-state index in [0.29, 0.717) is 18.0 Å². The van der Waals surface area contributed by atoms with Crippen LogP contribution in [0.25, 0.3) is 15.9 Å². The second-order valence-corrected chi connectivity index (χ2v) is 7.36. The van der Waals surface area contributed by atoms with Gasteiger partial charge in [0.15, 0.2) is 0 Å². The zero-order valence-corrected chi connectivity index (χ0v) is 15.9. The summed E-state index contributed by atoms with van der Waals surface area (Å²) in [7, 11) is 0. The Bertz CT molecular complexity index is 900. The van der Waals surface area contributed by atoms with Gasteiger partial charge in [0.05, 0.1) is 22.4 Å². The van der Waals surface area contributed by atoms with Gasteiger partial charge in [0.1, 0.15) is 10.6 Å². The van der Waals surface area contributed by atoms with E-state index in [1.165, 1.54) is 23.5 Å². The lowest BCUT2D eigenvalue weighted by Gasteiger charge is -2.07. The van der Waals surface area contributed by atoms with Gasteiger partial charge in [-0.3, -0.25) is 4.79 Å². The molecule has 7 heteroatoms. The van der Waals surface area contributed by atoms with E-state index >= 15 is 0 Å². The summed E-state index contributed by atoms with van der Waals surface area (Å²) < 4.78 is 20.4. The first-order chi connectivity index (χ1) is 12.5. The summed E-state index contributed by atoms with van der Waals surface area (Å²) in [5.74, 6) is -0.387. The van der Waals surface area contributed by atoms with E-state index in [1.54, 1.807) is 16.8 Å². The Labute approximate surface area is 155 Å². The van der Waals surface area contributed by atoms with Crippen molar-refractivity contribution in [3.8, 4) is 5.69 Å². The van der Waals surface area contributed by atoms with Crippen molar-refractivity contribution in [2.45, 2.75) is 33.3 Å². The largest absolute Gasteiger partial charge is 0.379 e. The van der Waals surface area contributed by atoms with E-state index in [9.17, 15) is 9.18 Å². The molecule has 0 fully saturated rings. The van der Waals surface area contributed by atoms with Gasteiger partial charge in [0.25, 0.3) is 5.91 Å². The minimum Gasteiger partial charge on any atom is -0.379 e. The summed E-state index contributed by atoms with van der Waals surface area (Å²) in [5.41, 5.74) is 1.61. The number of hydrogen-bond acceptors (Lipinski definition) is 4. The molecule has 3 rings (SSSR count). The number of hydrogen-bond donors (Lipinski definition) is 1. The number of thiophene rings is 1. The highest BCUT2D eigenvalue weighted by Crippen LogP contribution is 2.30. The van der Waals surface area contributed by atoms with Gasteiger partial charge in [-0.1, -0.05) is 0 Å². The van der Waals surface area contributed by atoms with Gasteiger partial charge in [-0.05, 0) is 57.5 Å². The summed E-state index contributed by atoms with van der Waals surface area (Å²) >= 11 is 1.38. The Morgan fingerprint density at radius 2 is 2.08 bits per heavy atom. The molecule has 138 valence electrons. The SMILES string of the molecule is Cc1nn(-c2ccc(F)cc2)c2sc(C(=O)NCCCOC(C)C)cc12. The van der Waals surface area contributed by atoms with E-state index in [-0.39, 0.29) is 17.8 Å². The van der Waals surface area contributed by atoms with Gasteiger partial charge in [-0.25, -0.2) is 9.07 Å². The number of halogens is 1. The van der Waals surface area contributed by atoms with Gasteiger partial charge in [-0.2, -0.15) is 5.10 Å². The van der Waals surface area contributed by atoms with E-state index in [4.69, 9.17) is 4.74 Å². The summed E-state index contributed by atoms with van der Waals surface area (Å²) in [5, 5.41) is 8.37. The molecule has 0 bridgehead atoms. The molecule has 26 heavy (non-hydrogen) atoms. The molecule has 2 heterocycles. The average molecular weight is 375 g/mol. The first-order valence-electron chi connectivity index (χ1n) is 8.60. The first-order valence-corrected chi connectivity index (χ1v) is 9.42. The predicted molar refractivity (Wildman–Crippen MR) is 102 cm³/mol. The fourth-order valence-electron chi connectivity index (χ4n) is 2.60. The molecule has 2 aromatic heterocycles. The summed E-state index contributed by atoms with van der Waals surface area (Å²) in [4.78, 5) is 13.9. The lowest BCUT2D eigenvalue weighted by Crippen LogP contribution is -2.24. The number of fused-ring (bicyclic) bond motifs is 1. The van der Waals surface area contributed by atoms with Gasteiger partial charge < -0.3 is 10.1 Å². The zero-order valence-electron chi connectivity index (χ0n) is 15.1. The molecule has 1 N–H and O–H groups in total. The molecule has 0 atom stereocenters. The van der Waals surface area contributed by atoms with Crippen LogP contribution in [0.15, 0.2) is 30.3 Å². The van der Waals surface area contributed by atoms with Crippen molar-refractivity contribution in [2.75, 3.05) is 13.2 Å². The Balaban J connectivity index is 1.74. The van der Waals surface area contributed by atoms with E-state index in [0.717, 1.165) is 28.0 Å². The summed E-state index contributed by atoms with van der Waals surface area (Å²) in [6.07, 6.45) is 0.975. The Morgan fingerprint density at radius 3 is 2.77 bits per heavy atom. The number of benzene rings is 1. The first kappa shape index (κ1) is 18.5. The quantitative estimate of drug-likeness (QED) is 0.633. The standard InChI is InChI=1S/C19H22FN3O2S/c1-12(2)25-10-4-9-21-18(24)17-11-16-13(3)22-23(19(16)26-17)15-7-5-14(20)6-8-15/h5-8,11-12H,4,9-10H2,1-3H3,(H,21,24). The fourth-order valence-corrected chi connectivity index (χ4v) is 3.70. The fraction of sp³-hybridized carbons (Fsp3) is 0.368. The van der Waals surface area contributed by atoms with Crippen molar-refractivity contribution in [1.29, 1.82) is 0 Å². The highest BCUT2D eigenvalue weighted by molar-refractivity contribution is 7.20. The van der Waals surface area contributed by atoms with Crippen LogP contribution in [0.1, 0.15) is 35.6 Å². The van der Waals surface area contributed by atoms with Gasteiger partial charge in [0.2, 0.25) is 0 Å². The molecule has 5 nitrogen and oxygen atoms in total. The number of amides is 1. The zero-order chi connectivity index (χ0) is 18.7. The molecule has 3 aromatic rings. The van der Waals surface area contributed by atoms with Crippen LogP contribution in [0.4, 0.5) is 4.39 Å². The van der Waals surface area contributed by atoms with Gasteiger partial charge in [0, 0.05) is 18.5 Å². The third-order valence-electron chi connectivity index (χ3n) is 3.90. The van der Waals surface area contributed by atoms with Crippen LogP contribution < -0.4 is 5.32 Å². The van der Waals surface area contributed by atoms with E-state index in [2.05, 4.69) is 10.4 Å². The van der Waals surface area contributed by atoms with Gasteiger partial charge >= 0.3 is 0 Å². The summed E-state index contributed by atoms with van der Waals surface area (Å²) in [6, 6.07) is 8.02. The third-order valence-corrected chi connectivity index (χ3v) is 5.01. The second-order valence-electron chi connectivity index (χ2n) is 6.33. The highest BCUT2D eigenvalue weighted by atomic mass is 32.1. The number of ether oxygens (including phenoxy) is 1. The van der Waals surface area contributed by atoms with Crippen LogP contribution in [-0.2, 0) is 4.74 Å². The molecule has 0 saturated heterocycles. The molecule has 0 radical (unpaired) electrons. The molecule has 1 amide bonds. The smallest absolute Gasteiger partial charge is 0.261 e. The minimum absolute atomic E-state index is 0.0965. The normalized spacial score (nSPS) is 11.4. The average Bonchev–Trinajstić information content (AvgIpc) is 3.16. The Morgan fingerprint density at radius 1 is 1.35 bits per heavy atom. The molecular weight excluding hydrogens is 353 g/mol. The van der Waals surface area contributed by atoms with Crippen LogP contribution in [0.2, 0.25) is 0 Å². The monoisotopic (exact) mass is 375 g/mol. The number of aryl methyl sites for hydroxylation is 1. The topological polar surface area (TPSA) is 56.2 Å². The molecule has 0 spiro atoms. The van der Waals surface area contributed by atoms with Crippen LogP contribution in [-0.4, -0.2) is 34.9 Å². The molecule has 0 aliphatic rings.